The minimum absolute atomic E-state index is 0.0983. The van der Waals surface area contributed by atoms with Crippen molar-refractivity contribution in [2.45, 2.75) is 40.2 Å². The van der Waals surface area contributed by atoms with Crippen LogP contribution in [-0.4, -0.2) is 17.0 Å². The van der Waals surface area contributed by atoms with Crippen LogP contribution in [0.25, 0.3) is 11.1 Å². The summed E-state index contributed by atoms with van der Waals surface area (Å²) < 4.78 is 11.5. The molecule has 1 N–H and O–H groups in total. The van der Waals surface area contributed by atoms with Crippen molar-refractivity contribution in [2.24, 2.45) is 0 Å². The van der Waals surface area contributed by atoms with E-state index in [0.29, 0.717) is 17.9 Å². The van der Waals surface area contributed by atoms with Crippen molar-refractivity contribution in [3.63, 3.8) is 0 Å². The molecule has 0 aliphatic rings. The van der Waals surface area contributed by atoms with Crippen molar-refractivity contribution in [3.05, 3.63) is 88.8 Å². The van der Waals surface area contributed by atoms with Gasteiger partial charge in [-0.3, -0.25) is 4.79 Å². The molecule has 1 amide bonds. The van der Waals surface area contributed by atoms with Crippen LogP contribution in [0.4, 0.5) is 5.69 Å². The molecule has 1 heterocycles. The fourth-order valence-electron chi connectivity index (χ4n) is 3.34. The first kappa shape index (κ1) is 20.7. The minimum atomic E-state index is -0.159. The van der Waals surface area contributed by atoms with Crippen LogP contribution in [0.15, 0.2) is 65.1 Å². The Labute approximate surface area is 182 Å². The minimum Gasteiger partial charge on any atom is -0.491 e. The van der Waals surface area contributed by atoms with Crippen molar-refractivity contribution in [1.29, 1.82) is 0 Å². The molecule has 0 fully saturated rings. The van der Waals surface area contributed by atoms with Crippen LogP contribution in [0.5, 0.6) is 5.75 Å². The largest absolute Gasteiger partial charge is 0.491 e. The van der Waals surface area contributed by atoms with Gasteiger partial charge in [-0.25, -0.2) is 4.98 Å². The summed E-state index contributed by atoms with van der Waals surface area (Å²) in [5, 5.41) is 2.92. The molecule has 4 aromatic rings. The average molecular weight is 415 g/mol. The lowest BCUT2D eigenvalue weighted by Crippen LogP contribution is -2.12. The summed E-state index contributed by atoms with van der Waals surface area (Å²) in [5.74, 6) is 1.27. The number of oxazole rings is 1. The Morgan fingerprint density at radius 3 is 2.35 bits per heavy atom. The van der Waals surface area contributed by atoms with Gasteiger partial charge in [-0.05, 0) is 92.9 Å². The van der Waals surface area contributed by atoms with Crippen LogP contribution in [0.1, 0.15) is 46.8 Å². The number of aryl methyl sites for hydroxylation is 2. The molecular formula is C26H26N2O3. The summed E-state index contributed by atoms with van der Waals surface area (Å²) in [6.45, 7) is 8.08. The third kappa shape index (κ3) is 4.94. The molecule has 5 nitrogen and oxygen atoms in total. The Bertz CT molecular complexity index is 1170. The van der Waals surface area contributed by atoms with Crippen LogP contribution in [-0.2, 0) is 6.42 Å². The van der Waals surface area contributed by atoms with Crippen molar-refractivity contribution in [3.8, 4) is 5.75 Å². The summed E-state index contributed by atoms with van der Waals surface area (Å²) in [5.41, 5.74) is 6.47. The smallest absolute Gasteiger partial charge is 0.255 e. The number of carbonyl (C=O) groups excluding carboxylic acids is 1. The predicted octanol–water partition coefficient (Wildman–Crippen LogP) is 6.07. The van der Waals surface area contributed by atoms with E-state index in [2.05, 4.69) is 30.2 Å². The second kappa shape index (κ2) is 8.64. The fourth-order valence-corrected chi connectivity index (χ4v) is 3.34. The lowest BCUT2D eigenvalue weighted by atomic mass is 10.1. The highest BCUT2D eigenvalue weighted by molar-refractivity contribution is 6.04. The first-order valence-corrected chi connectivity index (χ1v) is 10.4. The van der Waals surface area contributed by atoms with Gasteiger partial charge in [0, 0.05) is 17.7 Å². The van der Waals surface area contributed by atoms with E-state index in [4.69, 9.17) is 9.15 Å². The topological polar surface area (TPSA) is 64.4 Å². The number of nitrogens with zero attached hydrogens (tertiary/aromatic N) is 1. The van der Waals surface area contributed by atoms with Gasteiger partial charge in [0.15, 0.2) is 11.5 Å². The summed E-state index contributed by atoms with van der Waals surface area (Å²) in [4.78, 5) is 17.1. The van der Waals surface area contributed by atoms with E-state index in [1.54, 1.807) is 24.3 Å². The SMILES string of the molecule is Cc1cc2nc(Cc3ccc(NC(=O)c4ccc(OC(C)C)cc4)cc3)oc2cc1C. The van der Waals surface area contributed by atoms with E-state index in [0.717, 1.165) is 28.1 Å². The lowest BCUT2D eigenvalue weighted by molar-refractivity contribution is 0.102. The van der Waals surface area contributed by atoms with Gasteiger partial charge in [0.05, 0.1) is 6.10 Å². The molecule has 4 rings (SSSR count). The van der Waals surface area contributed by atoms with Crippen LogP contribution in [0.2, 0.25) is 0 Å². The van der Waals surface area contributed by atoms with Crippen LogP contribution in [0.3, 0.4) is 0 Å². The standard InChI is InChI=1S/C26H26N2O3/c1-16(2)30-22-11-7-20(8-12-22)26(29)27-21-9-5-19(6-10-21)15-25-28-23-13-17(3)18(4)14-24(23)31-25/h5-14,16H,15H2,1-4H3,(H,27,29). The first-order valence-electron chi connectivity index (χ1n) is 10.4. The Kier molecular flexibility index (Phi) is 5.76. The number of nitrogens with one attached hydrogen (secondary N) is 1. The number of hydrogen-bond acceptors (Lipinski definition) is 4. The van der Waals surface area contributed by atoms with Crippen molar-refractivity contribution in [2.75, 3.05) is 5.32 Å². The molecule has 1 aromatic heterocycles. The lowest BCUT2D eigenvalue weighted by Gasteiger charge is -2.10. The third-order valence-corrected chi connectivity index (χ3v) is 5.10. The van der Waals surface area contributed by atoms with E-state index >= 15 is 0 Å². The van der Waals surface area contributed by atoms with Gasteiger partial charge in [0.25, 0.3) is 5.91 Å². The predicted molar refractivity (Wildman–Crippen MR) is 123 cm³/mol. The van der Waals surface area contributed by atoms with Gasteiger partial charge < -0.3 is 14.5 Å². The van der Waals surface area contributed by atoms with Crippen LogP contribution < -0.4 is 10.1 Å². The molecular weight excluding hydrogens is 388 g/mol. The van der Waals surface area contributed by atoms with E-state index in [1.807, 2.05) is 44.2 Å². The quantitative estimate of drug-likeness (QED) is 0.416. The van der Waals surface area contributed by atoms with Crippen molar-refractivity contribution < 1.29 is 13.9 Å². The van der Waals surface area contributed by atoms with Crippen LogP contribution >= 0.6 is 0 Å². The number of amides is 1. The summed E-state index contributed by atoms with van der Waals surface area (Å²) in [6, 6.07) is 18.9. The van der Waals surface area contributed by atoms with E-state index in [1.165, 1.54) is 11.1 Å². The zero-order valence-electron chi connectivity index (χ0n) is 18.2. The monoisotopic (exact) mass is 414 g/mol. The number of ether oxygens (including phenoxy) is 1. The number of fused-ring (bicyclic) bond motifs is 1. The van der Waals surface area contributed by atoms with Gasteiger partial charge >= 0.3 is 0 Å². The second-order valence-electron chi connectivity index (χ2n) is 8.03. The summed E-state index contributed by atoms with van der Waals surface area (Å²) in [7, 11) is 0. The molecule has 0 aliphatic heterocycles. The molecule has 0 saturated carbocycles. The average Bonchev–Trinajstić information content (AvgIpc) is 3.10. The van der Waals surface area contributed by atoms with Crippen molar-refractivity contribution in [1.82, 2.24) is 4.98 Å². The van der Waals surface area contributed by atoms with E-state index in [-0.39, 0.29) is 12.0 Å². The van der Waals surface area contributed by atoms with Gasteiger partial charge in [-0.1, -0.05) is 12.1 Å². The maximum Gasteiger partial charge on any atom is 0.255 e. The maximum atomic E-state index is 12.5. The van der Waals surface area contributed by atoms with Gasteiger partial charge in [-0.2, -0.15) is 0 Å². The number of anilines is 1. The van der Waals surface area contributed by atoms with Gasteiger partial charge in [0.2, 0.25) is 0 Å². The number of hydrogen-bond donors (Lipinski definition) is 1. The molecule has 0 aliphatic carbocycles. The molecule has 0 unspecified atom stereocenters. The Balaban J connectivity index is 1.40. The number of benzene rings is 3. The number of carbonyl (C=O) groups is 1. The van der Waals surface area contributed by atoms with E-state index < -0.39 is 0 Å². The van der Waals surface area contributed by atoms with Gasteiger partial charge in [-0.15, -0.1) is 0 Å². The maximum absolute atomic E-state index is 12.5. The Morgan fingerprint density at radius 2 is 1.68 bits per heavy atom. The molecule has 3 aromatic carbocycles. The number of rotatable bonds is 6. The fraction of sp³-hybridized carbons (Fsp3) is 0.231. The molecule has 0 radical (unpaired) electrons. The number of aromatic nitrogens is 1. The molecule has 5 heteroatoms. The molecule has 0 saturated heterocycles. The molecule has 158 valence electrons. The molecule has 0 spiro atoms. The second-order valence-corrected chi connectivity index (χ2v) is 8.03. The Hall–Kier alpha value is -3.60. The zero-order valence-corrected chi connectivity index (χ0v) is 18.2. The summed E-state index contributed by atoms with van der Waals surface area (Å²) in [6.07, 6.45) is 0.694. The molecule has 0 bridgehead atoms. The highest BCUT2D eigenvalue weighted by Gasteiger charge is 2.10. The molecule has 0 atom stereocenters. The van der Waals surface area contributed by atoms with Gasteiger partial charge in [0.1, 0.15) is 11.3 Å². The van der Waals surface area contributed by atoms with Crippen molar-refractivity contribution >= 4 is 22.7 Å². The Morgan fingerprint density at radius 1 is 1.00 bits per heavy atom. The highest BCUT2D eigenvalue weighted by Crippen LogP contribution is 2.22. The zero-order chi connectivity index (χ0) is 22.0. The molecule has 31 heavy (non-hydrogen) atoms. The normalized spacial score (nSPS) is 11.1. The first-order chi connectivity index (χ1) is 14.9. The highest BCUT2D eigenvalue weighted by atomic mass is 16.5. The summed E-state index contributed by atoms with van der Waals surface area (Å²) >= 11 is 0. The van der Waals surface area contributed by atoms with Crippen LogP contribution in [0, 0.1) is 13.8 Å². The third-order valence-electron chi connectivity index (χ3n) is 5.10. The van der Waals surface area contributed by atoms with E-state index in [9.17, 15) is 4.79 Å².